The summed E-state index contributed by atoms with van der Waals surface area (Å²) in [6.07, 6.45) is 0. The normalized spacial score (nSPS) is 12.0. The predicted molar refractivity (Wildman–Crippen MR) is 108 cm³/mol. The van der Waals surface area contributed by atoms with Crippen molar-refractivity contribution in [3.05, 3.63) is 46.4 Å². The van der Waals surface area contributed by atoms with Crippen molar-refractivity contribution in [1.29, 1.82) is 0 Å². The van der Waals surface area contributed by atoms with Crippen LogP contribution in [0.4, 0.5) is 0 Å². The van der Waals surface area contributed by atoms with E-state index in [1.165, 1.54) is 38.0 Å². The first-order chi connectivity index (χ1) is 12.8. The Morgan fingerprint density at radius 1 is 1.19 bits per heavy atom. The van der Waals surface area contributed by atoms with E-state index in [0.717, 1.165) is 4.31 Å². The molecule has 27 heavy (non-hydrogen) atoms. The Labute approximate surface area is 171 Å². The van der Waals surface area contributed by atoms with E-state index in [0.29, 0.717) is 44.5 Å². The van der Waals surface area contributed by atoms with Crippen molar-refractivity contribution in [3.63, 3.8) is 0 Å². The van der Waals surface area contributed by atoms with Gasteiger partial charge in [-0.05, 0) is 36.4 Å². The van der Waals surface area contributed by atoms with Crippen LogP contribution in [0.1, 0.15) is 0 Å². The number of ether oxygens (including phenoxy) is 1. The van der Waals surface area contributed by atoms with Crippen molar-refractivity contribution in [3.8, 4) is 5.75 Å². The van der Waals surface area contributed by atoms with Crippen LogP contribution in [0.25, 0.3) is 11.1 Å². The Bertz CT molecular complexity index is 1070. The highest BCUT2D eigenvalue weighted by Gasteiger charge is 2.19. The number of halogens is 2. The van der Waals surface area contributed by atoms with Crippen LogP contribution in [0, 0.1) is 0 Å². The zero-order valence-electron chi connectivity index (χ0n) is 14.5. The zero-order valence-corrected chi connectivity index (χ0v) is 17.6. The second-order valence-electron chi connectivity index (χ2n) is 5.67. The van der Waals surface area contributed by atoms with Gasteiger partial charge in [-0.25, -0.2) is 17.7 Å². The summed E-state index contributed by atoms with van der Waals surface area (Å²) in [6, 6.07) is 9.64. The summed E-state index contributed by atoms with van der Waals surface area (Å²) in [5.74, 6) is 1.13. The summed E-state index contributed by atoms with van der Waals surface area (Å²) in [4.78, 5) is 4.51. The lowest BCUT2D eigenvalue weighted by molar-refractivity contribution is 0.343. The van der Waals surface area contributed by atoms with Crippen molar-refractivity contribution < 1.29 is 17.6 Å². The van der Waals surface area contributed by atoms with Gasteiger partial charge in [-0.1, -0.05) is 35.0 Å². The number of fused-ring (bicyclic) bond motifs is 1. The number of thioether (sulfide) groups is 1. The summed E-state index contributed by atoms with van der Waals surface area (Å²) in [7, 11) is -0.549. The van der Waals surface area contributed by atoms with Crippen LogP contribution < -0.4 is 4.74 Å². The summed E-state index contributed by atoms with van der Waals surface area (Å²) in [5, 5.41) is 1.43. The topological polar surface area (TPSA) is 72.6 Å². The molecule has 3 aromatic rings. The van der Waals surface area contributed by atoms with Crippen molar-refractivity contribution in [1.82, 2.24) is 9.29 Å². The summed E-state index contributed by atoms with van der Waals surface area (Å²) in [5.41, 5.74) is 1.01. The van der Waals surface area contributed by atoms with Crippen LogP contribution in [0.5, 0.6) is 5.75 Å². The largest absolute Gasteiger partial charge is 0.491 e. The Kier molecular flexibility index (Phi) is 6.22. The van der Waals surface area contributed by atoms with E-state index in [1.54, 1.807) is 24.3 Å². The second kappa shape index (κ2) is 8.28. The summed E-state index contributed by atoms with van der Waals surface area (Å²) >= 11 is 13.3. The molecule has 0 atom stereocenters. The van der Waals surface area contributed by atoms with Gasteiger partial charge < -0.3 is 9.15 Å². The van der Waals surface area contributed by atoms with E-state index >= 15 is 0 Å². The highest BCUT2D eigenvalue weighted by atomic mass is 35.5. The number of hydrogen-bond acceptors (Lipinski definition) is 6. The molecule has 3 rings (SSSR count). The molecule has 0 saturated carbocycles. The van der Waals surface area contributed by atoms with Gasteiger partial charge in [-0.3, -0.25) is 0 Å². The smallest absolute Gasteiger partial charge is 0.256 e. The van der Waals surface area contributed by atoms with Gasteiger partial charge in [0, 0.05) is 24.9 Å². The molecule has 0 unspecified atom stereocenters. The molecule has 0 amide bonds. The van der Waals surface area contributed by atoms with Gasteiger partial charge in [-0.15, -0.1) is 0 Å². The van der Waals surface area contributed by atoms with E-state index in [4.69, 9.17) is 32.4 Å². The Hall–Kier alpha value is -1.45. The van der Waals surface area contributed by atoms with Crippen LogP contribution in [0.2, 0.25) is 10.0 Å². The molecule has 144 valence electrons. The first kappa shape index (κ1) is 20.3. The SMILES string of the molecule is CN(C)S(=O)(=O)c1ccc2oc(SCCOc3ccc(Cl)cc3Cl)nc2c1. The van der Waals surface area contributed by atoms with Gasteiger partial charge in [0.25, 0.3) is 5.22 Å². The summed E-state index contributed by atoms with van der Waals surface area (Å²) < 4.78 is 36.8. The fraction of sp³-hybridized carbons (Fsp3) is 0.235. The van der Waals surface area contributed by atoms with Crippen molar-refractivity contribution >= 4 is 56.1 Å². The maximum Gasteiger partial charge on any atom is 0.256 e. The lowest BCUT2D eigenvalue weighted by Gasteiger charge is -2.10. The van der Waals surface area contributed by atoms with Crippen molar-refractivity contribution in [2.24, 2.45) is 0 Å². The fourth-order valence-corrected chi connectivity index (χ4v) is 4.23. The molecular weight excluding hydrogens is 431 g/mol. The quantitative estimate of drug-likeness (QED) is 0.391. The van der Waals surface area contributed by atoms with E-state index in [-0.39, 0.29) is 4.90 Å². The van der Waals surface area contributed by atoms with Crippen LogP contribution in [-0.4, -0.2) is 44.2 Å². The predicted octanol–water partition coefficient (Wildman–Crippen LogP) is 4.56. The number of benzene rings is 2. The minimum absolute atomic E-state index is 0.172. The Balaban J connectivity index is 1.64. The van der Waals surface area contributed by atoms with Gasteiger partial charge in [0.15, 0.2) is 5.58 Å². The molecule has 0 bridgehead atoms. The highest BCUT2D eigenvalue weighted by molar-refractivity contribution is 7.99. The maximum absolute atomic E-state index is 12.2. The minimum atomic E-state index is -3.51. The number of sulfonamides is 1. The van der Waals surface area contributed by atoms with Gasteiger partial charge in [0.05, 0.1) is 16.5 Å². The minimum Gasteiger partial charge on any atom is -0.491 e. The van der Waals surface area contributed by atoms with E-state index in [1.807, 2.05) is 0 Å². The third-order valence-electron chi connectivity index (χ3n) is 3.58. The van der Waals surface area contributed by atoms with Gasteiger partial charge in [0.2, 0.25) is 10.0 Å². The second-order valence-corrected chi connectivity index (χ2v) is 9.71. The van der Waals surface area contributed by atoms with E-state index < -0.39 is 10.0 Å². The molecule has 0 aliphatic heterocycles. The lowest BCUT2D eigenvalue weighted by Crippen LogP contribution is -2.22. The number of rotatable bonds is 7. The number of nitrogens with zero attached hydrogens (tertiary/aromatic N) is 2. The van der Waals surface area contributed by atoms with E-state index in [9.17, 15) is 8.42 Å². The monoisotopic (exact) mass is 446 g/mol. The van der Waals surface area contributed by atoms with Gasteiger partial charge in [-0.2, -0.15) is 0 Å². The van der Waals surface area contributed by atoms with Crippen LogP contribution in [0.15, 0.2) is 50.9 Å². The standard InChI is InChI=1S/C17H16Cl2N2O4S2/c1-21(2)27(22,23)12-4-6-16-14(10-12)20-17(25-16)26-8-7-24-15-5-3-11(18)9-13(15)19/h3-6,9-10H,7-8H2,1-2H3. The zero-order chi connectivity index (χ0) is 19.6. The van der Waals surface area contributed by atoms with Crippen LogP contribution in [-0.2, 0) is 10.0 Å². The van der Waals surface area contributed by atoms with Crippen molar-refractivity contribution in [2.75, 3.05) is 26.5 Å². The molecule has 0 spiro atoms. The lowest BCUT2D eigenvalue weighted by atomic mass is 10.3. The molecule has 0 N–H and O–H groups in total. The molecule has 0 radical (unpaired) electrons. The number of aromatic nitrogens is 1. The number of hydrogen-bond donors (Lipinski definition) is 0. The van der Waals surface area contributed by atoms with Crippen molar-refractivity contribution in [2.45, 2.75) is 10.1 Å². The molecule has 0 aliphatic carbocycles. The third-order valence-corrected chi connectivity index (χ3v) is 6.71. The molecular formula is C17H16Cl2N2O4S2. The Morgan fingerprint density at radius 3 is 2.67 bits per heavy atom. The molecule has 6 nitrogen and oxygen atoms in total. The van der Waals surface area contributed by atoms with Crippen LogP contribution in [0.3, 0.4) is 0 Å². The molecule has 1 aromatic heterocycles. The average molecular weight is 447 g/mol. The van der Waals surface area contributed by atoms with Crippen LogP contribution >= 0.6 is 35.0 Å². The molecule has 1 heterocycles. The molecule has 10 heteroatoms. The molecule has 2 aromatic carbocycles. The third kappa shape index (κ3) is 4.70. The molecule has 0 aliphatic rings. The van der Waals surface area contributed by atoms with E-state index in [2.05, 4.69) is 4.98 Å². The fourth-order valence-electron chi connectivity index (χ4n) is 2.19. The number of oxazole rings is 1. The first-order valence-corrected chi connectivity index (χ1v) is 11.0. The average Bonchev–Trinajstić information content (AvgIpc) is 3.02. The highest BCUT2D eigenvalue weighted by Crippen LogP contribution is 2.29. The maximum atomic E-state index is 12.2. The first-order valence-electron chi connectivity index (χ1n) is 7.81. The van der Waals surface area contributed by atoms with Gasteiger partial charge >= 0.3 is 0 Å². The Morgan fingerprint density at radius 2 is 1.96 bits per heavy atom. The van der Waals surface area contributed by atoms with Gasteiger partial charge in [0.1, 0.15) is 11.3 Å². The molecule has 0 saturated heterocycles. The summed E-state index contributed by atoms with van der Waals surface area (Å²) in [6.45, 7) is 0.394. The molecule has 0 fully saturated rings.